The van der Waals surface area contributed by atoms with Gasteiger partial charge in [0.1, 0.15) is 11.5 Å². The lowest BCUT2D eigenvalue weighted by atomic mass is 9.96. The van der Waals surface area contributed by atoms with Crippen molar-refractivity contribution in [3.63, 3.8) is 0 Å². The maximum absolute atomic E-state index is 12.6. The Morgan fingerprint density at radius 1 is 0.686 bits per heavy atom. The number of benzene rings is 2. The van der Waals surface area contributed by atoms with E-state index in [1.54, 1.807) is 36.4 Å². The van der Waals surface area contributed by atoms with Crippen LogP contribution in [0.15, 0.2) is 42.5 Å². The zero-order valence-corrected chi connectivity index (χ0v) is 19.9. The van der Waals surface area contributed by atoms with Crippen molar-refractivity contribution in [2.75, 3.05) is 0 Å². The van der Waals surface area contributed by atoms with E-state index in [9.17, 15) is 14.4 Å². The highest BCUT2D eigenvalue weighted by atomic mass is 16.6. The van der Waals surface area contributed by atoms with E-state index in [1.807, 2.05) is 0 Å². The highest BCUT2D eigenvalue weighted by Gasteiger charge is 2.20. The predicted molar refractivity (Wildman–Crippen MR) is 132 cm³/mol. The molecule has 3 amide bonds. The van der Waals surface area contributed by atoms with Crippen LogP contribution in [-0.4, -0.2) is 30.2 Å². The van der Waals surface area contributed by atoms with E-state index in [-0.39, 0.29) is 23.6 Å². The Balaban J connectivity index is 1.53. The average Bonchev–Trinajstić information content (AvgIpc) is 2.85. The number of amides is 3. The van der Waals surface area contributed by atoms with Crippen LogP contribution in [0.2, 0.25) is 0 Å². The topological polar surface area (TPSA) is 120 Å². The lowest BCUT2D eigenvalue weighted by molar-refractivity contribution is 0.1000. The van der Waals surface area contributed by atoms with Gasteiger partial charge in [0, 0.05) is 23.7 Å². The third kappa shape index (κ3) is 7.21. The highest BCUT2D eigenvalue weighted by molar-refractivity contribution is 5.94. The van der Waals surface area contributed by atoms with Gasteiger partial charge >= 0.3 is 12.2 Å². The van der Waals surface area contributed by atoms with Crippen LogP contribution in [0, 0.1) is 0 Å². The standard InChI is InChI=1S/C27H33N3O5/c28-25(31)19-9-7-8-18(14-19)20-15-23(34-26(32)29-21-10-3-1-4-11-21)17-24(16-20)35-27(33)30-22-12-5-2-6-13-22/h7-9,14-17,21-22H,1-6,10-13H2,(H2,28,31)(H,29,32)(H,30,33). The number of primary amides is 1. The minimum atomic E-state index is -0.547. The number of hydrogen-bond acceptors (Lipinski definition) is 5. The molecule has 0 spiro atoms. The lowest BCUT2D eigenvalue weighted by Gasteiger charge is -2.23. The van der Waals surface area contributed by atoms with Gasteiger partial charge in [-0.3, -0.25) is 4.79 Å². The number of carbonyl (C=O) groups excluding carboxylic acids is 3. The summed E-state index contributed by atoms with van der Waals surface area (Å²) in [5.41, 5.74) is 7.08. The molecule has 2 aliphatic rings. The Bertz CT molecular complexity index is 1010. The molecule has 8 nitrogen and oxygen atoms in total. The van der Waals surface area contributed by atoms with Crippen LogP contribution < -0.4 is 25.8 Å². The first-order valence-corrected chi connectivity index (χ1v) is 12.5. The molecule has 2 saturated carbocycles. The maximum atomic E-state index is 12.6. The first kappa shape index (κ1) is 24.6. The number of nitrogens with one attached hydrogen (secondary N) is 2. The van der Waals surface area contributed by atoms with E-state index in [0.29, 0.717) is 16.7 Å². The van der Waals surface area contributed by atoms with Crippen molar-refractivity contribution in [2.45, 2.75) is 76.3 Å². The molecular formula is C27H33N3O5. The molecule has 0 unspecified atom stereocenters. The van der Waals surface area contributed by atoms with Crippen LogP contribution in [0.3, 0.4) is 0 Å². The van der Waals surface area contributed by atoms with E-state index >= 15 is 0 Å². The Kier molecular flexibility index (Phi) is 8.23. The summed E-state index contributed by atoms with van der Waals surface area (Å²) >= 11 is 0. The summed E-state index contributed by atoms with van der Waals surface area (Å²) in [6.07, 6.45) is 9.37. The molecule has 0 bridgehead atoms. The number of nitrogens with two attached hydrogens (primary N) is 1. The normalized spacial score (nSPS) is 16.8. The first-order valence-electron chi connectivity index (χ1n) is 12.5. The molecule has 2 aliphatic carbocycles. The van der Waals surface area contributed by atoms with E-state index in [0.717, 1.165) is 51.4 Å². The Morgan fingerprint density at radius 2 is 1.20 bits per heavy atom. The number of carbonyl (C=O) groups is 3. The third-order valence-electron chi connectivity index (χ3n) is 6.64. The van der Waals surface area contributed by atoms with Crippen molar-refractivity contribution in [1.29, 1.82) is 0 Å². The summed E-state index contributed by atoms with van der Waals surface area (Å²) < 4.78 is 11.2. The number of rotatable bonds is 6. The molecule has 0 saturated heterocycles. The third-order valence-corrected chi connectivity index (χ3v) is 6.64. The smallest absolute Gasteiger partial charge is 0.410 e. The summed E-state index contributed by atoms with van der Waals surface area (Å²) in [7, 11) is 0. The Hall–Kier alpha value is -3.55. The summed E-state index contributed by atoms with van der Waals surface area (Å²) in [6.45, 7) is 0. The number of hydrogen-bond donors (Lipinski definition) is 3. The van der Waals surface area contributed by atoms with E-state index in [4.69, 9.17) is 15.2 Å². The molecule has 2 aromatic carbocycles. The molecule has 4 N–H and O–H groups in total. The number of ether oxygens (including phenoxy) is 2. The summed E-state index contributed by atoms with van der Waals surface area (Å²) in [5.74, 6) is -0.0732. The van der Waals surface area contributed by atoms with Crippen molar-refractivity contribution in [3.8, 4) is 22.6 Å². The van der Waals surface area contributed by atoms with Gasteiger partial charge in [-0.15, -0.1) is 0 Å². The summed E-state index contributed by atoms with van der Waals surface area (Å²) in [6, 6.07) is 11.9. The fraction of sp³-hybridized carbons (Fsp3) is 0.444. The molecule has 2 fully saturated rings. The molecule has 8 heteroatoms. The highest BCUT2D eigenvalue weighted by Crippen LogP contribution is 2.31. The Morgan fingerprint density at radius 3 is 1.69 bits per heavy atom. The molecular weight excluding hydrogens is 446 g/mol. The second-order valence-electron chi connectivity index (χ2n) is 9.38. The van der Waals surface area contributed by atoms with Crippen molar-refractivity contribution in [1.82, 2.24) is 10.6 Å². The summed E-state index contributed by atoms with van der Waals surface area (Å²) in [4.78, 5) is 36.8. The van der Waals surface area contributed by atoms with Gasteiger partial charge in [-0.1, -0.05) is 50.7 Å². The van der Waals surface area contributed by atoms with Gasteiger partial charge in [0.25, 0.3) is 0 Å². The van der Waals surface area contributed by atoms with E-state index in [1.165, 1.54) is 18.9 Å². The molecule has 0 atom stereocenters. The van der Waals surface area contributed by atoms with Gasteiger partial charge in [-0.25, -0.2) is 9.59 Å². The van der Waals surface area contributed by atoms with Gasteiger partial charge in [0.05, 0.1) is 0 Å². The predicted octanol–water partition coefficient (Wildman–Crippen LogP) is 5.29. The quantitative estimate of drug-likeness (QED) is 0.520. The largest absolute Gasteiger partial charge is 0.412 e. The van der Waals surface area contributed by atoms with Gasteiger partial charge < -0.3 is 25.8 Å². The second-order valence-corrected chi connectivity index (χ2v) is 9.38. The minimum Gasteiger partial charge on any atom is -0.410 e. The van der Waals surface area contributed by atoms with Crippen LogP contribution in [0.4, 0.5) is 9.59 Å². The van der Waals surface area contributed by atoms with Crippen LogP contribution in [0.25, 0.3) is 11.1 Å². The van der Waals surface area contributed by atoms with Gasteiger partial charge in [0.15, 0.2) is 0 Å². The van der Waals surface area contributed by atoms with Crippen molar-refractivity contribution in [3.05, 3.63) is 48.0 Å². The van der Waals surface area contributed by atoms with Crippen LogP contribution in [-0.2, 0) is 0 Å². The van der Waals surface area contributed by atoms with Gasteiger partial charge in [-0.05, 0) is 61.1 Å². The zero-order chi connectivity index (χ0) is 24.6. The first-order chi connectivity index (χ1) is 17.0. The maximum Gasteiger partial charge on any atom is 0.412 e. The molecule has 186 valence electrons. The molecule has 4 rings (SSSR count). The van der Waals surface area contributed by atoms with Crippen LogP contribution in [0.1, 0.15) is 74.6 Å². The van der Waals surface area contributed by atoms with E-state index in [2.05, 4.69) is 10.6 Å². The molecule has 0 radical (unpaired) electrons. The molecule has 2 aromatic rings. The van der Waals surface area contributed by atoms with Crippen molar-refractivity contribution >= 4 is 18.1 Å². The van der Waals surface area contributed by atoms with Gasteiger partial charge in [-0.2, -0.15) is 0 Å². The molecule has 0 aliphatic heterocycles. The van der Waals surface area contributed by atoms with Crippen molar-refractivity contribution < 1.29 is 23.9 Å². The monoisotopic (exact) mass is 479 g/mol. The minimum absolute atomic E-state index is 0.101. The molecule has 0 aromatic heterocycles. The fourth-order valence-corrected chi connectivity index (χ4v) is 4.81. The van der Waals surface area contributed by atoms with E-state index < -0.39 is 18.1 Å². The SMILES string of the molecule is NC(=O)c1cccc(-c2cc(OC(=O)NC3CCCCC3)cc(OC(=O)NC3CCCCC3)c2)c1. The van der Waals surface area contributed by atoms with Crippen molar-refractivity contribution in [2.24, 2.45) is 5.73 Å². The zero-order valence-electron chi connectivity index (χ0n) is 19.9. The fourth-order valence-electron chi connectivity index (χ4n) is 4.81. The lowest BCUT2D eigenvalue weighted by Crippen LogP contribution is -2.38. The van der Waals surface area contributed by atoms with Gasteiger partial charge in [0.2, 0.25) is 5.91 Å². The molecule has 0 heterocycles. The molecule has 35 heavy (non-hydrogen) atoms. The van der Waals surface area contributed by atoms with Crippen LogP contribution >= 0.6 is 0 Å². The Labute approximate surface area is 205 Å². The van der Waals surface area contributed by atoms with Crippen LogP contribution in [0.5, 0.6) is 11.5 Å². The average molecular weight is 480 g/mol. The second kappa shape index (κ2) is 11.7. The summed E-state index contributed by atoms with van der Waals surface area (Å²) in [5, 5.41) is 5.85.